The molecule has 2 amide bonds. The first kappa shape index (κ1) is 16.5. The molecule has 120 valence electrons. The molecule has 0 spiro atoms. The maximum atomic E-state index is 12.1. The second-order valence-electron chi connectivity index (χ2n) is 5.16. The third-order valence-corrected chi connectivity index (χ3v) is 3.32. The van der Waals surface area contributed by atoms with Crippen LogP contribution in [0.2, 0.25) is 0 Å². The SMILES string of the molecule is CCCC(NC(=O)c1ccc(Oc2ccccc2)cc1)C(N)=O. The first-order valence-corrected chi connectivity index (χ1v) is 7.53. The smallest absolute Gasteiger partial charge is 0.251 e. The van der Waals surface area contributed by atoms with Gasteiger partial charge in [0.25, 0.3) is 5.91 Å². The number of nitrogens with one attached hydrogen (secondary N) is 1. The lowest BCUT2D eigenvalue weighted by Crippen LogP contribution is -2.44. The maximum absolute atomic E-state index is 12.1. The lowest BCUT2D eigenvalue weighted by molar-refractivity contribution is -0.120. The Balaban J connectivity index is 2.01. The molecule has 0 saturated carbocycles. The molecule has 5 nitrogen and oxygen atoms in total. The lowest BCUT2D eigenvalue weighted by atomic mass is 10.1. The van der Waals surface area contributed by atoms with Crippen LogP contribution in [0.1, 0.15) is 30.1 Å². The van der Waals surface area contributed by atoms with Gasteiger partial charge in [-0.3, -0.25) is 9.59 Å². The third kappa shape index (κ3) is 4.85. The van der Waals surface area contributed by atoms with Crippen LogP contribution in [0.4, 0.5) is 0 Å². The van der Waals surface area contributed by atoms with Crippen LogP contribution in [0.15, 0.2) is 54.6 Å². The summed E-state index contributed by atoms with van der Waals surface area (Å²) in [5.74, 6) is 0.506. The fraction of sp³-hybridized carbons (Fsp3) is 0.222. The lowest BCUT2D eigenvalue weighted by Gasteiger charge is -2.14. The van der Waals surface area contributed by atoms with E-state index < -0.39 is 11.9 Å². The van der Waals surface area contributed by atoms with Crippen molar-refractivity contribution in [1.29, 1.82) is 0 Å². The molecule has 0 bridgehead atoms. The van der Waals surface area contributed by atoms with E-state index in [1.165, 1.54) is 0 Å². The number of carbonyl (C=O) groups excluding carboxylic acids is 2. The van der Waals surface area contributed by atoms with Gasteiger partial charge in [0.05, 0.1) is 0 Å². The van der Waals surface area contributed by atoms with E-state index in [9.17, 15) is 9.59 Å². The summed E-state index contributed by atoms with van der Waals surface area (Å²) in [4.78, 5) is 23.4. The minimum absolute atomic E-state index is 0.325. The van der Waals surface area contributed by atoms with Crippen LogP contribution >= 0.6 is 0 Å². The van der Waals surface area contributed by atoms with Crippen LogP contribution in [0, 0.1) is 0 Å². The highest BCUT2D eigenvalue weighted by Crippen LogP contribution is 2.21. The van der Waals surface area contributed by atoms with Gasteiger partial charge in [0, 0.05) is 5.56 Å². The van der Waals surface area contributed by atoms with Gasteiger partial charge in [0.1, 0.15) is 17.5 Å². The number of rotatable bonds is 7. The Morgan fingerprint density at radius 1 is 1.04 bits per heavy atom. The quantitative estimate of drug-likeness (QED) is 0.825. The molecule has 0 fully saturated rings. The molecule has 2 aromatic carbocycles. The van der Waals surface area contributed by atoms with Crippen molar-refractivity contribution in [2.24, 2.45) is 5.73 Å². The average molecular weight is 312 g/mol. The number of carbonyl (C=O) groups is 2. The molecular weight excluding hydrogens is 292 g/mol. The van der Waals surface area contributed by atoms with Crippen molar-refractivity contribution in [3.8, 4) is 11.5 Å². The molecule has 0 aliphatic heterocycles. The number of hydrogen-bond acceptors (Lipinski definition) is 3. The number of hydrogen-bond donors (Lipinski definition) is 2. The molecule has 0 heterocycles. The second-order valence-corrected chi connectivity index (χ2v) is 5.16. The largest absolute Gasteiger partial charge is 0.457 e. The molecule has 0 radical (unpaired) electrons. The van der Waals surface area contributed by atoms with E-state index in [0.717, 1.165) is 12.2 Å². The number of ether oxygens (including phenoxy) is 1. The zero-order valence-electron chi connectivity index (χ0n) is 13.0. The molecule has 1 unspecified atom stereocenters. The maximum Gasteiger partial charge on any atom is 0.251 e. The van der Waals surface area contributed by atoms with Gasteiger partial charge in [-0.25, -0.2) is 0 Å². The number of amides is 2. The summed E-state index contributed by atoms with van der Waals surface area (Å²) in [7, 11) is 0. The van der Waals surface area contributed by atoms with E-state index in [-0.39, 0.29) is 5.91 Å². The van der Waals surface area contributed by atoms with E-state index >= 15 is 0 Å². The molecule has 0 saturated heterocycles. The van der Waals surface area contributed by atoms with Crippen molar-refractivity contribution < 1.29 is 14.3 Å². The van der Waals surface area contributed by atoms with E-state index in [1.807, 2.05) is 37.3 Å². The number of para-hydroxylation sites is 1. The molecule has 1 atom stereocenters. The summed E-state index contributed by atoms with van der Waals surface area (Å²) in [6.07, 6.45) is 1.29. The summed E-state index contributed by atoms with van der Waals surface area (Å²) >= 11 is 0. The van der Waals surface area contributed by atoms with Gasteiger partial charge in [-0.1, -0.05) is 31.5 Å². The Morgan fingerprint density at radius 3 is 2.22 bits per heavy atom. The molecule has 2 aromatic rings. The fourth-order valence-electron chi connectivity index (χ4n) is 2.11. The molecular formula is C18H20N2O3. The van der Waals surface area contributed by atoms with Crippen molar-refractivity contribution in [3.63, 3.8) is 0 Å². The van der Waals surface area contributed by atoms with Crippen LogP contribution in [0.5, 0.6) is 11.5 Å². The Morgan fingerprint density at radius 2 is 1.65 bits per heavy atom. The number of benzene rings is 2. The van der Waals surface area contributed by atoms with Gasteiger partial charge in [-0.2, -0.15) is 0 Å². The van der Waals surface area contributed by atoms with Crippen molar-refractivity contribution >= 4 is 11.8 Å². The van der Waals surface area contributed by atoms with Crippen LogP contribution < -0.4 is 15.8 Å². The summed E-state index contributed by atoms with van der Waals surface area (Å²) in [6.45, 7) is 1.93. The van der Waals surface area contributed by atoms with Crippen LogP contribution in [0.3, 0.4) is 0 Å². The number of nitrogens with two attached hydrogens (primary N) is 1. The predicted molar refractivity (Wildman–Crippen MR) is 88.3 cm³/mol. The number of primary amides is 1. The minimum Gasteiger partial charge on any atom is -0.457 e. The van der Waals surface area contributed by atoms with Gasteiger partial charge in [0.15, 0.2) is 0 Å². The van der Waals surface area contributed by atoms with E-state index in [4.69, 9.17) is 10.5 Å². The highest BCUT2D eigenvalue weighted by Gasteiger charge is 2.17. The van der Waals surface area contributed by atoms with Gasteiger partial charge in [0.2, 0.25) is 5.91 Å². The van der Waals surface area contributed by atoms with Crippen molar-refractivity contribution in [2.75, 3.05) is 0 Å². The van der Waals surface area contributed by atoms with Crippen LogP contribution in [0.25, 0.3) is 0 Å². The zero-order valence-corrected chi connectivity index (χ0v) is 13.0. The van der Waals surface area contributed by atoms with Crippen molar-refractivity contribution in [1.82, 2.24) is 5.32 Å². The highest BCUT2D eigenvalue weighted by atomic mass is 16.5. The molecule has 5 heteroatoms. The topological polar surface area (TPSA) is 81.4 Å². The van der Waals surface area contributed by atoms with Gasteiger partial charge in [-0.05, 0) is 42.8 Å². The van der Waals surface area contributed by atoms with Gasteiger partial charge >= 0.3 is 0 Å². The minimum atomic E-state index is -0.646. The van der Waals surface area contributed by atoms with E-state index in [1.54, 1.807) is 24.3 Å². The summed E-state index contributed by atoms with van der Waals surface area (Å²) in [6, 6.07) is 15.4. The molecule has 0 aliphatic carbocycles. The van der Waals surface area contributed by atoms with Crippen LogP contribution in [-0.4, -0.2) is 17.9 Å². The van der Waals surface area contributed by atoms with E-state index in [0.29, 0.717) is 17.7 Å². The first-order chi connectivity index (χ1) is 11.1. The molecule has 3 N–H and O–H groups in total. The average Bonchev–Trinajstić information content (AvgIpc) is 2.56. The van der Waals surface area contributed by atoms with Crippen LogP contribution in [-0.2, 0) is 4.79 Å². The molecule has 0 aliphatic rings. The first-order valence-electron chi connectivity index (χ1n) is 7.53. The zero-order chi connectivity index (χ0) is 16.7. The van der Waals surface area contributed by atoms with Gasteiger partial charge < -0.3 is 15.8 Å². The normalized spacial score (nSPS) is 11.5. The Hall–Kier alpha value is -2.82. The summed E-state index contributed by atoms with van der Waals surface area (Å²) in [5.41, 5.74) is 5.74. The monoisotopic (exact) mass is 312 g/mol. The third-order valence-electron chi connectivity index (χ3n) is 3.32. The Labute approximate surface area is 135 Å². The van der Waals surface area contributed by atoms with Crippen molar-refractivity contribution in [2.45, 2.75) is 25.8 Å². The summed E-state index contributed by atoms with van der Waals surface area (Å²) in [5, 5.41) is 2.65. The molecule has 0 aromatic heterocycles. The molecule has 23 heavy (non-hydrogen) atoms. The summed E-state index contributed by atoms with van der Waals surface area (Å²) < 4.78 is 5.67. The fourth-order valence-corrected chi connectivity index (χ4v) is 2.11. The second kappa shape index (κ2) is 7.98. The van der Waals surface area contributed by atoms with E-state index in [2.05, 4.69) is 5.32 Å². The van der Waals surface area contributed by atoms with Crippen molar-refractivity contribution in [3.05, 3.63) is 60.2 Å². The predicted octanol–water partition coefficient (Wildman–Crippen LogP) is 2.86. The van der Waals surface area contributed by atoms with Gasteiger partial charge in [-0.15, -0.1) is 0 Å². The molecule has 2 rings (SSSR count). The highest BCUT2D eigenvalue weighted by molar-refractivity contribution is 5.97. The Bertz CT molecular complexity index is 654. The standard InChI is InChI=1S/C18H20N2O3/c1-2-6-16(17(19)21)20-18(22)13-9-11-15(12-10-13)23-14-7-4-3-5-8-14/h3-5,7-12,16H,2,6H2,1H3,(H2,19,21)(H,20,22). The Kier molecular flexibility index (Phi) is 5.74.